The van der Waals surface area contributed by atoms with Gasteiger partial charge in [-0.1, -0.05) is 6.07 Å². The van der Waals surface area contributed by atoms with Gasteiger partial charge in [0, 0.05) is 17.9 Å². The number of carbonyl (C=O) groups excluding carboxylic acids is 3. The average molecular weight is 657 g/mol. The van der Waals surface area contributed by atoms with Crippen molar-refractivity contribution in [3.8, 4) is 11.5 Å². The minimum absolute atomic E-state index is 0.0443. The van der Waals surface area contributed by atoms with Crippen LogP contribution in [0.1, 0.15) is 60.3 Å². The number of nitrogens with two attached hydrogens (primary N) is 1. The third kappa shape index (κ3) is 7.01. The Morgan fingerprint density at radius 3 is 2.28 bits per heavy atom. The predicted octanol–water partition coefficient (Wildman–Crippen LogP) is 4.82. The van der Waals surface area contributed by atoms with Crippen LogP contribution in [0.2, 0.25) is 0 Å². The Hall–Kier alpha value is -4.85. The van der Waals surface area contributed by atoms with Crippen LogP contribution in [0, 0.1) is 5.82 Å². The molecule has 0 unspecified atom stereocenters. The van der Waals surface area contributed by atoms with E-state index in [1.807, 2.05) is 0 Å². The van der Waals surface area contributed by atoms with Gasteiger partial charge in [-0.3, -0.25) is 14.9 Å². The molecule has 0 radical (unpaired) electrons. The molecule has 0 bridgehead atoms. The number of carbonyl (C=O) groups is 3. The van der Waals surface area contributed by atoms with Gasteiger partial charge >= 0.3 is 6.09 Å². The van der Waals surface area contributed by atoms with Crippen LogP contribution in [0.3, 0.4) is 0 Å². The van der Waals surface area contributed by atoms with E-state index >= 15 is 0 Å². The number of nitrogens with zero attached hydrogens (tertiary/aromatic N) is 1. The van der Waals surface area contributed by atoms with Crippen LogP contribution in [0.4, 0.5) is 20.6 Å². The molecule has 1 aliphatic rings. The molecule has 0 aromatic heterocycles. The second-order valence-corrected chi connectivity index (χ2v) is 13.4. The van der Waals surface area contributed by atoms with Gasteiger partial charge in [0.1, 0.15) is 11.9 Å². The maximum Gasteiger partial charge on any atom is 0.411 e. The summed E-state index contributed by atoms with van der Waals surface area (Å²) in [6.07, 6.45) is 0.264. The van der Waals surface area contributed by atoms with E-state index in [0.29, 0.717) is 47.7 Å². The average Bonchev–Trinajstić information content (AvgIpc) is 3.53. The highest BCUT2D eigenvalue weighted by molar-refractivity contribution is 7.92. The molecule has 246 valence electrons. The van der Waals surface area contributed by atoms with Gasteiger partial charge in [0.15, 0.2) is 21.3 Å². The lowest BCUT2D eigenvalue weighted by atomic mass is 10.0. The number of benzene rings is 3. The summed E-state index contributed by atoms with van der Waals surface area (Å²) in [5.41, 5.74) is 6.34. The van der Waals surface area contributed by atoms with E-state index in [1.54, 1.807) is 43.0 Å². The Labute approximate surface area is 266 Å². The van der Waals surface area contributed by atoms with E-state index in [4.69, 9.17) is 19.9 Å². The van der Waals surface area contributed by atoms with Crippen LogP contribution < -0.4 is 25.8 Å². The SMILES string of the molecule is COC(=O)Nc1ccc(S(=O)(=O)C(C)C)c([C@H]2CCCN2C(=O)[C@@H](Nc2ccc(F)c(C(N)=O)c2)c2ccc(OC)c(OC)c2)c1. The summed E-state index contributed by atoms with van der Waals surface area (Å²) in [6.45, 7) is 3.43. The summed E-state index contributed by atoms with van der Waals surface area (Å²) < 4.78 is 56.8. The van der Waals surface area contributed by atoms with E-state index in [1.165, 1.54) is 45.6 Å². The summed E-state index contributed by atoms with van der Waals surface area (Å²) in [4.78, 5) is 40.0. The smallest absolute Gasteiger partial charge is 0.411 e. The molecule has 1 aliphatic heterocycles. The Morgan fingerprint density at radius 1 is 0.957 bits per heavy atom. The first kappa shape index (κ1) is 34.0. The van der Waals surface area contributed by atoms with Crippen LogP contribution in [-0.2, 0) is 19.4 Å². The molecule has 3 amide bonds. The quantitative estimate of drug-likeness (QED) is 0.262. The van der Waals surface area contributed by atoms with E-state index in [9.17, 15) is 27.2 Å². The van der Waals surface area contributed by atoms with Crippen LogP contribution in [0.15, 0.2) is 59.5 Å². The number of methoxy groups -OCH3 is 3. The molecule has 0 saturated carbocycles. The molecule has 3 aromatic carbocycles. The molecule has 4 rings (SSSR count). The van der Waals surface area contributed by atoms with Crippen molar-refractivity contribution in [3.63, 3.8) is 0 Å². The number of primary amides is 1. The number of ether oxygens (including phenoxy) is 3. The second kappa shape index (κ2) is 14.1. The molecule has 14 heteroatoms. The van der Waals surface area contributed by atoms with Gasteiger partial charge in [0.2, 0.25) is 5.91 Å². The number of halogens is 1. The van der Waals surface area contributed by atoms with Crippen molar-refractivity contribution in [2.75, 3.05) is 38.5 Å². The Balaban J connectivity index is 1.84. The molecule has 12 nitrogen and oxygen atoms in total. The predicted molar refractivity (Wildman–Crippen MR) is 169 cm³/mol. The van der Waals surface area contributed by atoms with E-state index < -0.39 is 50.9 Å². The fraction of sp³-hybridized carbons (Fsp3) is 0.344. The highest BCUT2D eigenvalue weighted by Crippen LogP contribution is 2.41. The maximum absolute atomic E-state index is 14.6. The lowest BCUT2D eigenvalue weighted by Crippen LogP contribution is -2.38. The minimum Gasteiger partial charge on any atom is -0.493 e. The molecule has 1 heterocycles. The van der Waals surface area contributed by atoms with Crippen molar-refractivity contribution in [2.24, 2.45) is 5.73 Å². The number of anilines is 2. The largest absolute Gasteiger partial charge is 0.493 e. The normalized spacial score (nSPS) is 15.3. The van der Waals surface area contributed by atoms with Crippen LogP contribution in [0.5, 0.6) is 11.5 Å². The first-order valence-electron chi connectivity index (χ1n) is 14.4. The standard InChI is InChI=1S/C32H37FN4O8S/c1-18(2)46(41,42)28-13-10-21(36-32(40)45-5)17-23(28)25-7-6-14-37(25)31(39)29(19-8-12-26(43-3)27(15-19)44-4)35-20-9-11-24(33)22(16-20)30(34)38/h8-13,15-18,25,29,35H,6-7,14H2,1-5H3,(H2,34,38)(H,36,40)/t25-,29+/m1/s1. The monoisotopic (exact) mass is 656 g/mol. The Kier molecular flexibility index (Phi) is 10.4. The molecular formula is C32H37FN4O8S. The lowest BCUT2D eigenvalue weighted by molar-refractivity contribution is -0.133. The van der Waals surface area contributed by atoms with Gasteiger partial charge in [-0.2, -0.15) is 0 Å². The fourth-order valence-corrected chi connectivity index (χ4v) is 6.67. The molecule has 1 saturated heterocycles. The molecule has 1 fully saturated rings. The highest BCUT2D eigenvalue weighted by Gasteiger charge is 2.38. The van der Waals surface area contributed by atoms with Gasteiger partial charge in [-0.25, -0.2) is 17.6 Å². The molecule has 3 aromatic rings. The van der Waals surface area contributed by atoms with Crippen molar-refractivity contribution >= 4 is 39.1 Å². The summed E-state index contributed by atoms with van der Waals surface area (Å²) in [6, 6.07) is 11.2. The third-order valence-electron chi connectivity index (χ3n) is 7.79. The zero-order valence-corrected chi connectivity index (χ0v) is 26.9. The summed E-state index contributed by atoms with van der Waals surface area (Å²) in [5.74, 6) is -1.45. The fourth-order valence-electron chi connectivity index (χ4n) is 5.38. The van der Waals surface area contributed by atoms with Crippen molar-refractivity contribution in [1.29, 1.82) is 0 Å². The number of hydrogen-bond acceptors (Lipinski definition) is 9. The molecule has 2 atom stereocenters. The first-order chi connectivity index (χ1) is 21.8. The van der Waals surface area contributed by atoms with Crippen molar-refractivity contribution in [3.05, 3.63) is 77.1 Å². The van der Waals surface area contributed by atoms with Crippen molar-refractivity contribution < 1.29 is 41.4 Å². The zero-order valence-electron chi connectivity index (χ0n) is 26.1. The van der Waals surface area contributed by atoms with E-state index in [2.05, 4.69) is 10.6 Å². The minimum atomic E-state index is -3.81. The lowest BCUT2D eigenvalue weighted by Gasteiger charge is -2.32. The van der Waals surface area contributed by atoms with Gasteiger partial charge in [0.05, 0.1) is 43.1 Å². The molecule has 46 heavy (non-hydrogen) atoms. The number of amides is 3. The van der Waals surface area contributed by atoms with Gasteiger partial charge in [-0.15, -0.1) is 0 Å². The van der Waals surface area contributed by atoms with Gasteiger partial charge in [-0.05, 0) is 86.3 Å². The molecule has 4 N–H and O–H groups in total. The summed E-state index contributed by atoms with van der Waals surface area (Å²) in [5, 5.41) is 4.92. The Morgan fingerprint density at radius 2 is 1.65 bits per heavy atom. The number of nitrogens with one attached hydrogen (secondary N) is 2. The van der Waals surface area contributed by atoms with Crippen molar-refractivity contribution in [2.45, 2.75) is 48.9 Å². The van der Waals surface area contributed by atoms with Gasteiger partial charge in [0.25, 0.3) is 5.91 Å². The number of rotatable bonds is 11. The van der Waals surface area contributed by atoms with Gasteiger partial charge < -0.3 is 30.2 Å². The number of sulfone groups is 1. The third-order valence-corrected chi connectivity index (χ3v) is 10.0. The summed E-state index contributed by atoms with van der Waals surface area (Å²) in [7, 11) is 0.329. The van der Waals surface area contributed by atoms with E-state index in [-0.39, 0.29) is 16.1 Å². The van der Waals surface area contributed by atoms with Crippen LogP contribution in [-0.4, -0.2) is 64.3 Å². The zero-order chi connectivity index (χ0) is 33.8. The second-order valence-electron chi connectivity index (χ2n) is 10.9. The van der Waals surface area contributed by atoms with Crippen LogP contribution >= 0.6 is 0 Å². The topological polar surface area (TPSA) is 166 Å². The van der Waals surface area contributed by atoms with Crippen LogP contribution in [0.25, 0.3) is 0 Å². The highest BCUT2D eigenvalue weighted by atomic mass is 32.2. The molecular weight excluding hydrogens is 619 g/mol. The first-order valence-corrected chi connectivity index (χ1v) is 16.0. The molecule has 0 spiro atoms. The Bertz CT molecular complexity index is 1750. The van der Waals surface area contributed by atoms with Crippen molar-refractivity contribution in [1.82, 2.24) is 4.90 Å². The van der Waals surface area contributed by atoms with E-state index in [0.717, 1.165) is 6.07 Å². The number of hydrogen-bond donors (Lipinski definition) is 3. The summed E-state index contributed by atoms with van der Waals surface area (Å²) >= 11 is 0. The maximum atomic E-state index is 14.6. The number of likely N-dealkylation sites (tertiary alicyclic amines) is 1. The molecule has 0 aliphatic carbocycles.